The molecule has 1 unspecified atom stereocenters. The zero-order valence-electron chi connectivity index (χ0n) is 10.00. The molecule has 0 aromatic heterocycles. The van der Waals surface area contributed by atoms with Gasteiger partial charge in [-0.15, -0.1) is 0 Å². The highest BCUT2D eigenvalue weighted by molar-refractivity contribution is 5.97. The monoisotopic (exact) mass is 250 g/mol. The van der Waals surface area contributed by atoms with Crippen molar-refractivity contribution in [1.82, 2.24) is 0 Å². The van der Waals surface area contributed by atoms with Crippen molar-refractivity contribution in [3.8, 4) is 0 Å². The molecular weight excluding hydrogens is 236 g/mol. The third-order valence-corrected chi connectivity index (χ3v) is 3.08. The first kappa shape index (κ1) is 12.5. The third-order valence-electron chi connectivity index (χ3n) is 3.08. The van der Waals surface area contributed by atoms with Gasteiger partial charge in [-0.25, -0.2) is 0 Å². The first-order valence-electron chi connectivity index (χ1n) is 5.69. The smallest absolute Gasteiger partial charge is 0.292 e. The Morgan fingerprint density at radius 3 is 2.83 bits per heavy atom. The molecule has 0 saturated carbocycles. The van der Waals surface area contributed by atoms with Crippen molar-refractivity contribution < 1.29 is 14.8 Å². The SMILES string of the molecule is Cc1ccc([N+](=O)[O-])c(N2CC(CO)CC2=O)c1. The van der Waals surface area contributed by atoms with Crippen LogP contribution < -0.4 is 4.90 Å². The minimum absolute atomic E-state index is 0.0764. The van der Waals surface area contributed by atoms with Gasteiger partial charge in [0.05, 0.1) is 4.92 Å². The average Bonchev–Trinajstić information content (AvgIpc) is 2.70. The number of benzene rings is 1. The Morgan fingerprint density at radius 1 is 1.56 bits per heavy atom. The van der Waals surface area contributed by atoms with Crippen LogP contribution in [0.15, 0.2) is 18.2 Å². The summed E-state index contributed by atoms with van der Waals surface area (Å²) in [6.45, 7) is 2.07. The summed E-state index contributed by atoms with van der Waals surface area (Å²) >= 11 is 0. The van der Waals surface area contributed by atoms with Crippen molar-refractivity contribution in [2.45, 2.75) is 13.3 Å². The highest BCUT2D eigenvalue weighted by atomic mass is 16.6. The molecule has 1 saturated heterocycles. The minimum atomic E-state index is -0.492. The molecule has 0 bridgehead atoms. The molecule has 1 aromatic rings. The van der Waals surface area contributed by atoms with Crippen LogP contribution in [0.1, 0.15) is 12.0 Å². The lowest BCUT2D eigenvalue weighted by Gasteiger charge is -2.16. The van der Waals surface area contributed by atoms with Crippen molar-refractivity contribution in [3.63, 3.8) is 0 Å². The molecule has 18 heavy (non-hydrogen) atoms. The van der Waals surface area contributed by atoms with Gasteiger partial charge in [-0.3, -0.25) is 14.9 Å². The summed E-state index contributed by atoms with van der Waals surface area (Å²) in [5.41, 5.74) is 1.10. The highest BCUT2D eigenvalue weighted by Gasteiger charge is 2.33. The standard InChI is InChI=1S/C12H14N2O4/c1-8-2-3-10(14(17)18)11(4-8)13-6-9(7-15)5-12(13)16/h2-4,9,15H,5-7H2,1H3. The van der Waals surface area contributed by atoms with Crippen molar-refractivity contribution >= 4 is 17.3 Å². The summed E-state index contributed by atoms with van der Waals surface area (Å²) in [5, 5.41) is 20.0. The number of rotatable bonds is 3. The van der Waals surface area contributed by atoms with Gasteiger partial charge >= 0.3 is 0 Å². The number of hydrogen-bond donors (Lipinski definition) is 1. The maximum Gasteiger partial charge on any atom is 0.292 e. The van der Waals surface area contributed by atoms with E-state index in [1.807, 2.05) is 6.92 Å². The minimum Gasteiger partial charge on any atom is -0.396 e. The summed E-state index contributed by atoms with van der Waals surface area (Å²) in [4.78, 5) is 23.7. The van der Waals surface area contributed by atoms with Crippen LogP contribution in [0.2, 0.25) is 0 Å². The molecule has 0 aliphatic carbocycles. The van der Waals surface area contributed by atoms with Crippen LogP contribution in [-0.2, 0) is 4.79 Å². The Hall–Kier alpha value is -1.95. The average molecular weight is 250 g/mol. The van der Waals surface area contributed by atoms with Gasteiger partial charge in [-0.2, -0.15) is 0 Å². The number of amides is 1. The lowest BCUT2D eigenvalue weighted by Crippen LogP contribution is -2.25. The van der Waals surface area contributed by atoms with Crippen LogP contribution in [0.3, 0.4) is 0 Å². The summed E-state index contributed by atoms with van der Waals surface area (Å²) in [6, 6.07) is 4.69. The molecule has 96 valence electrons. The number of hydrogen-bond acceptors (Lipinski definition) is 4. The fourth-order valence-corrected chi connectivity index (χ4v) is 2.14. The zero-order valence-corrected chi connectivity index (χ0v) is 10.00. The van der Waals surface area contributed by atoms with Crippen LogP contribution in [-0.4, -0.2) is 29.1 Å². The quantitative estimate of drug-likeness (QED) is 0.646. The summed E-state index contributed by atoms with van der Waals surface area (Å²) in [5.74, 6) is -0.319. The van der Waals surface area contributed by atoms with E-state index in [4.69, 9.17) is 5.11 Å². The van der Waals surface area contributed by atoms with Gasteiger partial charge in [-0.05, 0) is 18.6 Å². The van der Waals surface area contributed by atoms with Crippen LogP contribution in [0.5, 0.6) is 0 Å². The fraction of sp³-hybridized carbons (Fsp3) is 0.417. The second-order valence-corrected chi connectivity index (χ2v) is 4.51. The molecule has 0 radical (unpaired) electrons. The van der Waals surface area contributed by atoms with Gasteiger partial charge in [0, 0.05) is 31.6 Å². The maximum atomic E-state index is 11.8. The van der Waals surface area contributed by atoms with Crippen LogP contribution in [0.4, 0.5) is 11.4 Å². The molecule has 1 fully saturated rings. The van der Waals surface area contributed by atoms with Crippen molar-refractivity contribution in [2.24, 2.45) is 5.92 Å². The van der Waals surface area contributed by atoms with Gasteiger partial charge in [0.15, 0.2) is 0 Å². The third kappa shape index (κ3) is 2.19. The van der Waals surface area contributed by atoms with Crippen molar-refractivity contribution in [3.05, 3.63) is 33.9 Å². The van der Waals surface area contributed by atoms with E-state index < -0.39 is 4.92 Å². The van der Waals surface area contributed by atoms with E-state index in [1.165, 1.54) is 11.0 Å². The van der Waals surface area contributed by atoms with Gasteiger partial charge < -0.3 is 10.0 Å². The first-order valence-corrected chi connectivity index (χ1v) is 5.69. The van der Waals surface area contributed by atoms with E-state index in [0.717, 1.165) is 5.56 Å². The predicted molar refractivity (Wildman–Crippen MR) is 65.4 cm³/mol. The number of carbonyl (C=O) groups excluding carboxylic acids is 1. The van der Waals surface area contributed by atoms with E-state index >= 15 is 0 Å². The summed E-state index contributed by atoms with van der Waals surface area (Å²) < 4.78 is 0. The van der Waals surface area contributed by atoms with Crippen LogP contribution in [0, 0.1) is 23.0 Å². The second kappa shape index (κ2) is 4.73. The second-order valence-electron chi connectivity index (χ2n) is 4.51. The Morgan fingerprint density at radius 2 is 2.28 bits per heavy atom. The summed E-state index contributed by atoms with van der Waals surface area (Å²) in [7, 11) is 0. The Labute approximate surface area is 104 Å². The molecule has 1 atom stereocenters. The number of aliphatic hydroxyl groups is 1. The maximum absolute atomic E-state index is 11.8. The molecule has 1 N–H and O–H groups in total. The van der Waals surface area contributed by atoms with Crippen LogP contribution >= 0.6 is 0 Å². The lowest BCUT2D eigenvalue weighted by molar-refractivity contribution is -0.384. The number of aryl methyl sites for hydroxylation is 1. The fourth-order valence-electron chi connectivity index (χ4n) is 2.14. The first-order chi connectivity index (χ1) is 8.52. The molecule has 2 rings (SSSR count). The molecule has 1 aliphatic heterocycles. The molecule has 1 amide bonds. The zero-order chi connectivity index (χ0) is 13.3. The van der Waals surface area contributed by atoms with Crippen LogP contribution in [0.25, 0.3) is 0 Å². The van der Waals surface area contributed by atoms with Crippen molar-refractivity contribution in [1.29, 1.82) is 0 Å². The predicted octanol–water partition coefficient (Wildman–Crippen LogP) is 1.25. The number of nitrogens with zero attached hydrogens (tertiary/aromatic N) is 2. The number of anilines is 1. The largest absolute Gasteiger partial charge is 0.396 e. The number of aliphatic hydroxyl groups excluding tert-OH is 1. The van der Waals surface area contributed by atoms with E-state index in [0.29, 0.717) is 12.2 Å². The van der Waals surface area contributed by atoms with Gasteiger partial charge in [0.1, 0.15) is 5.69 Å². The topological polar surface area (TPSA) is 83.7 Å². The molecule has 0 spiro atoms. The molecule has 6 nitrogen and oxygen atoms in total. The highest BCUT2D eigenvalue weighted by Crippen LogP contribution is 2.33. The normalized spacial score (nSPS) is 19.3. The van der Waals surface area contributed by atoms with E-state index in [1.54, 1.807) is 12.1 Å². The Kier molecular flexibility index (Phi) is 3.29. The molecule has 1 aliphatic rings. The van der Waals surface area contributed by atoms with E-state index in [2.05, 4.69) is 0 Å². The molecule has 1 heterocycles. The molecule has 6 heteroatoms. The summed E-state index contributed by atoms with van der Waals surface area (Å²) in [6.07, 6.45) is 0.238. The molecule has 1 aromatic carbocycles. The van der Waals surface area contributed by atoms with Gasteiger partial charge in [-0.1, -0.05) is 6.07 Å². The lowest BCUT2D eigenvalue weighted by atomic mass is 10.1. The van der Waals surface area contributed by atoms with Crippen molar-refractivity contribution in [2.75, 3.05) is 18.1 Å². The number of carbonyl (C=O) groups is 1. The number of nitro benzene ring substituents is 1. The van der Waals surface area contributed by atoms with E-state index in [-0.39, 0.29) is 30.5 Å². The Bertz CT molecular complexity index is 501. The van der Waals surface area contributed by atoms with Gasteiger partial charge in [0.25, 0.3) is 5.69 Å². The molecular formula is C12H14N2O4. The van der Waals surface area contributed by atoms with E-state index in [9.17, 15) is 14.9 Å². The van der Waals surface area contributed by atoms with Gasteiger partial charge in [0.2, 0.25) is 5.91 Å². The number of nitro groups is 1. The Balaban J connectivity index is 2.41.